The van der Waals surface area contributed by atoms with Gasteiger partial charge in [-0.1, -0.05) is 24.3 Å². The van der Waals surface area contributed by atoms with Crippen LogP contribution in [0.25, 0.3) is 0 Å². The van der Waals surface area contributed by atoms with Gasteiger partial charge in [-0.2, -0.15) is 0 Å². The summed E-state index contributed by atoms with van der Waals surface area (Å²) in [6, 6.07) is 7.80. The fourth-order valence-corrected chi connectivity index (χ4v) is 1.78. The van der Waals surface area contributed by atoms with Crippen molar-refractivity contribution >= 4 is 5.78 Å². The Hall–Kier alpha value is -1.57. The van der Waals surface area contributed by atoms with E-state index in [0.717, 1.165) is 28.8 Å². The Kier molecular flexibility index (Phi) is 2.12. The molecule has 1 N–H and O–H groups in total. The molecule has 2 heteroatoms. The van der Waals surface area contributed by atoms with Crippen molar-refractivity contribution in [3.63, 3.8) is 0 Å². The lowest BCUT2D eigenvalue weighted by atomic mass is 10.1. The number of Topliss-reactive ketones (excluding diaryl/α,β-unsaturated/α-hetero) is 1. The van der Waals surface area contributed by atoms with Crippen LogP contribution in [0.5, 0.6) is 0 Å². The van der Waals surface area contributed by atoms with E-state index in [2.05, 4.69) is 5.32 Å². The van der Waals surface area contributed by atoms with Gasteiger partial charge in [-0.3, -0.25) is 4.79 Å². The van der Waals surface area contributed by atoms with Crippen LogP contribution in [0.1, 0.15) is 22.8 Å². The Morgan fingerprint density at radius 1 is 1.36 bits per heavy atom. The minimum Gasteiger partial charge on any atom is -0.391 e. The smallest absolute Gasteiger partial charge is 0.191 e. The number of rotatable bonds is 1. The zero-order valence-electron chi connectivity index (χ0n) is 8.42. The Labute approximate surface area is 83.6 Å². The Balaban J connectivity index is 2.49. The topological polar surface area (TPSA) is 29.1 Å². The first-order chi connectivity index (χ1) is 6.74. The highest BCUT2D eigenvalue weighted by molar-refractivity contribution is 6.13. The molecule has 0 fully saturated rings. The Morgan fingerprint density at radius 2 is 2.07 bits per heavy atom. The van der Waals surface area contributed by atoms with E-state index in [1.54, 1.807) is 0 Å². The van der Waals surface area contributed by atoms with Gasteiger partial charge in [0.25, 0.3) is 0 Å². The van der Waals surface area contributed by atoms with Crippen LogP contribution >= 0.6 is 0 Å². The molecular formula is C12H13NO. The second-order valence-electron chi connectivity index (χ2n) is 3.52. The summed E-state index contributed by atoms with van der Waals surface area (Å²) in [7, 11) is 1.85. The number of carbonyl (C=O) groups is 1. The lowest BCUT2D eigenvalue weighted by molar-refractivity contribution is 0.103. The first kappa shape index (κ1) is 9.00. The molecule has 0 saturated heterocycles. The van der Waals surface area contributed by atoms with E-state index >= 15 is 0 Å². The van der Waals surface area contributed by atoms with Crippen LogP contribution < -0.4 is 5.32 Å². The number of benzene rings is 1. The van der Waals surface area contributed by atoms with E-state index in [1.165, 1.54) is 0 Å². The number of allylic oxidation sites excluding steroid dienone is 2. The van der Waals surface area contributed by atoms with Crippen molar-refractivity contribution in [3.05, 3.63) is 46.7 Å². The highest BCUT2D eigenvalue weighted by Gasteiger charge is 2.25. The molecule has 0 heterocycles. The van der Waals surface area contributed by atoms with Gasteiger partial charge in [-0.05, 0) is 12.5 Å². The molecule has 0 aliphatic heterocycles. The van der Waals surface area contributed by atoms with Crippen LogP contribution in [0.2, 0.25) is 0 Å². The summed E-state index contributed by atoms with van der Waals surface area (Å²) in [5.74, 6) is 0.174. The summed E-state index contributed by atoms with van der Waals surface area (Å²) in [5, 5.41) is 3.03. The number of fused-ring (bicyclic) bond motifs is 1. The molecule has 0 atom stereocenters. The molecule has 1 aromatic carbocycles. The molecule has 0 aromatic heterocycles. The number of hydrogen-bond acceptors (Lipinski definition) is 2. The molecule has 0 unspecified atom stereocenters. The molecule has 0 bridgehead atoms. The molecule has 0 saturated carbocycles. The minimum atomic E-state index is 0.174. The molecule has 14 heavy (non-hydrogen) atoms. The zero-order chi connectivity index (χ0) is 10.1. The average Bonchev–Trinajstić information content (AvgIpc) is 2.56. The van der Waals surface area contributed by atoms with Crippen molar-refractivity contribution in [2.45, 2.75) is 13.3 Å². The second-order valence-corrected chi connectivity index (χ2v) is 3.52. The third kappa shape index (κ3) is 1.23. The summed E-state index contributed by atoms with van der Waals surface area (Å²) in [6.07, 6.45) is 0.766. The fourth-order valence-electron chi connectivity index (χ4n) is 1.78. The summed E-state index contributed by atoms with van der Waals surface area (Å²) in [6.45, 7) is 1.94. The van der Waals surface area contributed by atoms with Crippen LogP contribution in [0.3, 0.4) is 0 Å². The third-order valence-electron chi connectivity index (χ3n) is 2.73. The van der Waals surface area contributed by atoms with Crippen LogP contribution in [0.4, 0.5) is 0 Å². The van der Waals surface area contributed by atoms with Crippen molar-refractivity contribution in [1.82, 2.24) is 5.32 Å². The summed E-state index contributed by atoms with van der Waals surface area (Å²) < 4.78 is 0. The summed E-state index contributed by atoms with van der Waals surface area (Å²) >= 11 is 0. The first-order valence-electron chi connectivity index (χ1n) is 4.74. The predicted octanol–water partition coefficient (Wildman–Crippen LogP) is 1.92. The van der Waals surface area contributed by atoms with Gasteiger partial charge in [-0.15, -0.1) is 0 Å². The first-order valence-corrected chi connectivity index (χ1v) is 4.74. The number of hydrogen-bond donors (Lipinski definition) is 1. The minimum absolute atomic E-state index is 0.174. The summed E-state index contributed by atoms with van der Waals surface area (Å²) in [4.78, 5) is 11.9. The van der Waals surface area contributed by atoms with Crippen molar-refractivity contribution < 1.29 is 4.79 Å². The molecule has 1 aliphatic rings. The van der Waals surface area contributed by atoms with E-state index in [-0.39, 0.29) is 5.78 Å². The van der Waals surface area contributed by atoms with E-state index in [0.29, 0.717) is 0 Å². The van der Waals surface area contributed by atoms with Crippen LogP contribution in [-0.2, 0) is 6.42 Å². The maximum absolute atomic E-state index is 11.9. The van der Waals surface area contributed by atoms with Crippen molar-refractivity contribution in [1.29, 1.82) is 0 Å². The van der Waals surface area contributed by atoms with E-state index in [4.69, 9.17) is 0 Å². The van der Waals surface area contributed by atoms with Gasteiger partial charge < -0.3 is 5.32 Å². The van der Waals surface area contributed by atoms with Gasteiger partial charge >= 0.3 is 0 Å². The predicted molar refractivity (Wildman–Crippen MR) is 56.2 cm³/mol. The quantitative estimate of drug-likeness (QED) is 0.680. The van der Waals surface area contributed by atoms with Crippen molar-refractivity contribution in [2.24, 2.45) is 0 Å². The van der Waals surface area contributed by atoms with Crippen LogP contribution in [0.15, 0.2) is 35.5 Å². The van der Waals surface area contributed by atoms with Gasteiger partial charge in [0, 0.05) is 30.3 Å². The van der Waals surface area contributed by atoms with Crippen molar-refractivity contribution in [2.75, 3.05) is 7.05 Å². The number of nitrogens with one attached hydrogen (secondary N) is 1. The number of ketones is 1. The fraction of sp³-hybridized carbons (Fsp3) is 0.250. The van der Waals surface area contributed by atoms with Gasteiger partial charge in [0.1, 0.15) is 0 Å². The Morgan fingerprint density at radius 3 is 2.71 bits per heavy atom. The monoisotopic (exact) mass is 187 g/mol. The van der Waals surface area contributed by atoms with Gasteiger partial charge in [-0.25, -0.2) is 0 Å². The van der Waals surface area contributed by atoms with E-state index < -0.39 is 0 Å². The van der Waals surface area contributed by atoms with Gasteiger partial charge in [0.05, 0.1) is 0 Å². The molecule has 72 valence electrons. The lowest BCUT2D eigenvalue weighted by Gasteiger charge is -2.02. The zero-order valence-corrected chi connectivity index (χ0v) is 8.42. The molecule has 0 radical (unpaired) electrons. The maximum atomic E-state index is 11.9. The normalized spacial score (nSPS) is 18.0. The highest BCUT2D eigenvalue weighted by atomic mass is 16.1. The molecule has 0 spiro atoms. The molecule has 1 aliphatic carbocycles. The molecular weight excluding hydrogens is 174 g/mol. The lowest BCUT2D eigenvalue weighted by Crippen LogP contribution is -2.09. The summed E-state index contributed by atoms with van der Waals surface area (Å²) in [5.41, 5.74) is 3.87. The Bertz CT molecular complexity index is 418. The van der Waals surface area contributed by atoms with Crippen LogP contribution in [0, 0.1) is 0 Å². The maximum Gasteiger partial charge on any atom is 0.191 e. The third-order valence-corrected chi connectivity index (χ3v) is 2.73. The average molecular weight is 187 g/mol. The van der Waals surface area contributed by atoms with Crippen molar-refractivity contribution in [3.8, 4) is 0 Å². The SMILES string of the molecule is CN/C(C)=C1/Cc2ccccc2C1=O. The van der Waals surface area contributed by atoms with E-state index in [1.807, 2.05) is 38.2 Å². The second kappa shape index (κ2) is 3.29. The molecule has 2 nitrogen and oxygen atoms in total. The van der Waals surface area contributed by atoms with Gasteiger partial charge in [0.15, 0.2) is 5.78 Å². The van der Waals surface area contributed by atoms with E-state index in [9.17, 15) is 4.79 Å². The van der Waals surface area contributed by atoms with Gasteiger partial charge in [0.2, 0.25) is 0 Å². The molecule has 2 rings (SSSR count). The molecule has 1 aromatic rings. The number of carbonyl (C=O) groups excluding carboxylic acids is 1. The molecule has 0 amide bonds. The highest BCUT2D eigenvalue weighted by Crippen LogP contribution is 2.27. The standard InChI is InChI=1S/C12H13NO/c1-8(13-2)11-7-9-5-3-4-6-10(9)12(11)14/h3-6,13H,7H2,1-2H3/b11-8-. The van der Waals surface area contributed by atoms with Crippen LogP contribution in [-0.4, -0.2) is 12.8 Å². The largest absolute Gasteiger partial charge is 0.391 e.